The molecule has 0 saturated heterocycles. The Balaban J connectivity index is 1.50. The first-order chi connectivity index (χ1) is 13.2. The third-order valence-electron chi connectivity index (χ3n) is 4.18. The van der Waals surface area contributed by atoms with Gasteiger partial charge in [0.05, 0.1) is 23.5 Å². The number of alkyl carbamates (subject to hydrolysis) is 1. The van der Waals surface area contributed by atoms with Crippen molar-refractivity contribution in [2.24, 2.45) is 10.2 Å². The van der Waals surface area contributed by atoms with Gasteiger partial charge in [-0.15, -0.1) is 6.42 Å². The van der Waals surface area contributed by atoms with Gasteiger partial charge in [-0.1, -0.05) is 5.92 Å². The molecule has 1 aliphatic carbocycles. The summed E-state index contributed by atoms with van der Waals surface area (Å²) in [6, 6.07) is 3.40. The molecule has 0 aromatic carbocycles. The van der Waals surface area contributed by atoms with Gasteiger partial charge < -0.3 is 14.5 Å². The topological polar surface area (TPSA) is 102 Å². The Hall–Kier alpha value is -3.47. The van der Waals surface area contributed by atoms with Gasteiger partial charge in [-0.3, -0.25) is 4.98 Å². The van der Waals surface area contributed by atoms with Crippen LogP contribution in [-0.4, -0.2) is 29.2 Å². The van der Waals surface area contributed by atoms with E-state index >= 15 is 0 Å². The SMILES string of the molecule is C#CCOC(=O)NCC1=CC(c2oc(-c3cccnc3)nc2C2CC2)N=N1. The van der Waals surface area contributed by atoms with Crippen LogP contribution in [0.3, 0.4) is 0 Å². The number of carbonyl (C=O) groups is 1. The number of pyridine rings is 1. The van der Waals surface area contributed by atoms with Crippen LogP contribution in [0.2, 0.25) is 0 Å². The van der Waals surface area contributed by atoms with E-state index in [9.17, 15) is 4.79 Å². The summed E-state index contributed by atoms with van der Waals surface area (Å²) in [5.41, 5.74) is 2.37. The highest BCUT2D eigenvalue weighted by Gasteiger charge is 2.34. The average molecular weight is 363 g/mol. The van der Waals surface area contributed by atoms with Crippen LogP contribution in [0.5, 0.6) is 0 Å². The Kier molecular flexibility index (Phi) is 4.66. The third kappa shape index (κ3) is 3.87. The predicted octanol–water partition coefficient (Wildman–Crippen LogP) is 3.36. The van der Waals surface area contributed by atoms with Crippen LogP contribution in [-0.2, 0) is 4.74 Å². The van der Waals surface area contributed by atoms with Crippen molar-refractivity contribution in [2.45, 2.75) is 24.8 Å². The fourth-order valence-corrected chi connectivity index (χ4v) is 2.75. The van der Waals surface area contributed by atoms with Gasteiger partial charge in [0.25, 0.3) is 0 Å². The summed E-state index contributed by atoms with van der Waals surface area (Å²) >= 11 is 0. The number of terminal acetylenes is 1. The molecule has 27 heavy (non-hydrogen) atoms. The molecule has 4 rings (SSSR count). The molecule has 0 bridgehead atoms. The largest absolute Gasteiger partial charge is 0.438 e. The summed E-state index contributed by atoms with van der Waals surface area (Å²) in [4.78, 5) is 20.2. The summed E-state index contributed by atoms with van der Waals surface area (Å²) in [6.07, 6.45) is 11.9. The molecule has 3 heterocycles. The first-order valence-corrected chi connectivity index (χ1v) is 8.61. The summed E-state index contributed by atoms with van der Waals surface area (Å²) in [6.45, 7) is 0.126. The molecule has 1 amide bonds. The highest BCUT2D eigenvalue weighted by atomic mass is 16.5. The van der Waals surface area contributed by atoms with Crippen LogP contribution < -0.4 is 5.32 Å². The Morgan fingerprint density at radius 3 is 3.07 bits per heavy atom. The number of hydrogen-bond donors (Lipinski definition) is 1. The number of aromatic nitrogens is 2. The molecule has 1 fully saturated rings. The van der Waals surface area contributed by atoms with Gasteiger partial charge in [0.1, 0.15) is 0 Å². The van der Waals surface area contributed by atoms with Crippen molar-refractivity contribution in [3.8, 4) is 23.8 Å². The summed E-state index contributed by atoms with van der Waals surface area (Å²) in [5.74, 6) is 3.87. The lowest BCUT2D eigenvalue weighted by atomic mass is 10.1. The molecule has 1 atom stereocenters. The number of nitrogens with one attached hydrogen (secondary N) is 1. The highest BCUT2D eigenvalue weighted by molar-refractivity contribution is 5.67. The number of azo groups is 1. The molecule has 1 N–H and O–H groups in total. The van der Waals surface area contributed by atoms with E-state index < -0.39 is 6.09 Å². The van der Waals surface area contributed by atoms with Crippen molar-refractivity contribution in [1.82, 2.24) is 15.3 Å². The fourth-order valence-electron chi connectivity index (χ4n) is 2.75. The summed E-state index contributed by atoms with van der Waals surface area (Å²) in [5, 5.41) is 11.0. The minimum atomic E-state index is -0.593. The van der Waals surface area contributed by atoms with Crippen molar-refractivity contribution in [3.63, 3.8) is 0 Å². The van der Waals surface area contributed by atoms with Gasteiger partial charge in [0, 0.05) is 18.3 Å². The lowest BCUT2D eigenvalue weighted by Gasteiger charge is -2.03. The van der Waals surface area contributed by atoms with Crippen molar-refractivity contribution in [2.75, 3.05) is 13.2 Å². The molecule has 2 aromatic heterocycles. The van der Waals surface area contributed by atoms with E-state index in [4.69, 9.17) is 15.6 Å². The Morgan fingerprint density at radius 1 is 1.44 bits per heavy atom. The van der Waals surface area contributed by atoms with Crippen molar-refractivity contribution in [3.05, 3.63) is 47.8 Å². The lowest BCUT2D eigenvalue weighted by Crippen LogP contribution is -2.26. The van der Waals surface area contributed by atoms with Crippen molar-refractivity contribution < 1.29 is 13.9 Å². The summed E-state index contributed by atoms with van der Waals surface area (Å²) in [7, 11) is 0. The molecular weight excluding hydrogens is 346 g/mol. The van der Waals surface area contributed by atoms with Gasteiger partial charge in [-0.25, -0.2) is 9.78 Å². The van der Waals surface area contributed by atoms with Crippen molar-refractivity contribution in [1.29, 1.82) is 0 Å². The number of hydrogen-bond acceptors (Lipinski definition) is 7. The third-order valence-corrected chi connectivity index (χ3v) is 4.18. The first-order valence-electron chi connectivity index (χ1n) is 8.61. The minimum absolute atomic E-state index is 0.0744. The fraction of sp³-hybridized carbons (Fsp3) is 0.316. The minimum Gasteiger partial charge on any atom is -0.438 e. The molecule has 0 radical (unpaired) electrons. The van der Waals surface area contributed by atoms with E-state index in [1.807, 2.05) is 18.2 Å². The second-order valence-corrected chi connectivity index (χ2v) is 6.24. The second-order valence-electron chi connectivity index (χ2n) is 6.24. The number of oxazole rings is 1. The smallest absolute Gasteiger partial charge is 0.408 e. The number of ether oxygens (including phenoxy) is 1. The second kappa shape index (κ2) is 7.41. The van der Waals surface area contributed by atoms with Gasteiger partial charge in [0.15, 0.2) is 18.4 Å². The summed E-state index contributed by atoms with van der Waals surface area (Å²) < 4.78 is 10.8. The van der Waals surface area contributed by atoms with Crippen LogP contribution in [0.15, 0.2) is 50.9 Å². The van der Waals surface area contributed by atoms with Crippen LogP contribution in [0.25, 0.3) is 11.5 Å². The maximum absolute atomic E-state index is 11.5. The van der Waals surface area contributed by atoms with Crippen molar-refractivity contribution >= 4 is 6.09 Å². The lowest BCUT2D eigenvalue weighted by molar-refractivity contribution is 0.161. The van der Waals surface area contributed by atoms with Gasteiger partial charge >= 0.3 is 6.09 Å². The van der Waals surface area contributed by atoms with Gasteiger partial charge in [-0.2, -0.15) is 10.2 Å². The number of carbonyl (C=O) groups excluding carboxylic acids is 1. The number of amides is 1. The van der Waals surface area contributed by atoms with Crippen LogP contribution in [0.1, 0.15) is 36.3 Å². The maximum atomic E-state index is 11.5. The van der Waals surface area contributed by atoms with E-state index in [0.717, 1.165) is 24.1 Å². The molecule has 1 saturated carbocycles. The number of rotatable bonds is 6. The molecule has 136 valence electrons. The van der Waals surface area contributed by atoms with E-state index in [1.165, 1.54) is 0 Å². The molecule has 0 spiro atoms. The molecule has 2 aromatic rings. The van der Waals surface area contributed by atoms with Crippen LogP contribution in [0, 0.1) is 12.3 Å². The van der Waals surface area contributed by atoms with E-state index in [-0.39, 0.29) is 19.2 Å². The molecule has 1 unspecified atom stereocenters. The molecule has 2 aliphatic rings. The number of nitrogens with zero attached hydrogens (tertiary/aromatic N) is 4. The average Bonchev–Trinajstić information content (AvgIpc) is 3.27. The van der Waals surface area contributed by atoms with E-state index in [1.54, 1.807) is 12.4 Å². The quantitative estimate of drug-likeness (QED) is 0.793. The maximum Gasteiger partial charge on any atom is 0.408 e. The zero-order valence-corrected chi connectivity index (χ0v) is 14.5. The van der Waals surface area contributed by atoms with Gasteiger partial charge in [0.2, 0.25) is 5.89 Å². The zero-order valence-electron chi connectivity index (χ0n) is 14.5. The highest BCUT2D eigenvalue weighted by Crippen LogP contribution is 2.45. The van der Waals surface area contributed by atoms with E-state index in [2.05, 4.69) is 31.4 Å². The molecule has 1 aliphatic heterocycles. The Morgan fingerprint density at radius 2 is 2.33 bits per heavy atom. The standard InChI is InChI=1S/C19H17N5O3/c1-2-8-26-19(25)21-11-14-9-15(24-23-14)17-16(12-5-6-12)22-18(27-17)13-4-3-7-20-10-13/h1,3-4,7,9-10,12,15H,5-6,8,11H2,(H,21,25). The van der Waals surface area contributed by atoms with Crippen LogP contribution >= 0.6 is 0 Å². The van der Waals surface area contributed by atoms with Crippen LogP contribution in [0.4, 0.5) is 4.79 Å². The van der Waals surface area contributed by atoms with E-state index in [0.29, 0.717) is 23.3 Å². The Bertz CT molecular complexity index is 938. The normalized spacial score (nSPS) is 18.0. The molecule has 8 heteroatoms. The zero-order chi connectivity index (χ0) is 18.6. The molecule has 8 nitrogen and oxygen atoms in total. The van der Waals surface area contributed by atoms with Gasteiger partial charge in [-0.05, 0) is 31.1 Å². The monoisotopic (exact) mass is 363 g/mol. The molecular formula is C19H17N5O3. The predicted molar refractivity (Wildman–Crippen MR) is 95.6 cm³/mol. The first kappa shape index (κ1) is 17.0. The Labute approximate surface area is 155 Å².